The first-order valence-corrected chi connectivity index (χ1v) is 21.5. The van der Waals surface area contributed by atoms with Gasteiger partial charge < -0.3 is 0 Å². The Balaban J connectivity index is 0.874. The van der Waals surface area contributed by atoms with Crippen LogP contribution in [-0.4, -0.2) is 15.0 Å². The predicted octanol–water partition coefficient (Wildman–Crippen LogP) is 15.4. The van der Waals surface area contributed by atoms with Crippen molar-refractivity contribution >= 4 is 21.5 Å². The fraction of sp³-hybridized carbons (Fsp3) is 0. The lowest BCUT2D eigenvalue weighted by Crippen LogP contribution is -2.00. The van der Waals surface area contributed by atoms with Crippen LogP contribution in [0.2, 0.25) is 0 Å². The number of benzene rings is 10. The summed E-state index contributed by atoms with van der Waals surface area (Å²) < 4.78 is 0. The molecule has 0 saturated heterocycles. The molecule has 0 radical (unpaired) electrons. The first-order valence-electron chi connectivity index (χ1n) is 21.5. The van der Waals surface area contributed by atoms with Gasteiger partial charge in [0.25, 0.3) is 0 Å². The van der Waals surface area contributed by atoms with Crippen molar-refractivity contribution in [2.24, 2.45) is 0 Å². The molecule has 1 heterocycles. The summed E-state index contributed by atoms with van der Waals surface area (Å²) in [6, 6.07) is 78.7. The van der Waals surface area contributed by atoms with Gasteiger partial charge >= 0.3 is 0 Å². The van der Waals surface area contributed by atoms with Crippen molar-refractivity contribution in [1.29, 1.82) is 5.26 Å². The summed E-state index contributed by atoms with van der Waals surface area (Å²) in [6.07, 6.45) is 0. The third kappa shape index (κ3) is 6.35. The highest BCUT2D eigenvalue weighted by Crippen LogP contribution is 2.49. The van der Waals surface area contributed by atoms with E-state index in [4.69, 9.17) is 15.0 Å². The van der Waals surface area contributed by atoms with Crippen LogP contribution in [0.5, 0.6) is 0 Å². The van der Waals surface area contributed by atoms with Gasteiger partial charge in [0.15, 0.2) is 17.5 Å². The van der Waals surface area contributed by atoms with Crippen LogP contribution in [0.25, 0.3) is 122 Å². The van der Waals surface area contributed by atoms with E-state index in [0.717, 1.165) is 72.0 Å². The van der Waals surface area contributed by atoms with Crippen molar-refractivity contribution in [1.82, 2.24) is 15.0 Å². The topological polar surface area (TPSA) is 62.5 Å². The molecule has 296 valence electrons. The monoisotopic (exact) mass is 812 g/mol. The normalized spacial score (nSPS) is 11.4. The minimum atomic E-state index is 0.613. The molecule has 0 amide bonds. The van der Waals surface area contributed by atoms with Crippen molar-refractivity contribution in [3.63, 3.8) is 0 Å². The Hall–Kier alpha value is -8.78. The van der Waals surface area contributed by atoms with Crippen LogP contribution in [0.4, 0.5) is 0 Å². The van der Waals surface area contributed by atoms with E-state index in [-0.39, 0.29) is 0 Å². The van der Waals surface area contributed by atoms with Gasteiger partial charge in [0.2, 0.25) is 0 Å². The first-order chi connectivity index (χ1) is 31.7. The largest absolute Gasteiger partial charge is 0.208 e. The van der Waals surface area contributed by atoms with Gasteiger partial charge in [0.1, 0.15) is 0 Å². The maximum absolute atomic E-state index is 10.7. The molecular formula is C60H36N4. The van der Waals surface area contributed by atoms with Crippen LogP contribution in [0.15, 0.2) is 218 Å². The SMILES string of the molecule is N#Cc1cc(-c2cccc(-c3ccc(-c4nc(-c5ccccc5)nc(-c5cccc6ccccc56)n4)cc3)c2)ccc1-c1ccccc1-c1cc2c3c(cccc3c1)-c1ccccc1-2. The lowest BCUT2D eigenvalue weighted by molar-refractivity contribution is 1.08. The second-order valence-corrected chi connectivity index (χ2v) is 16.2. The number of aromatic nitrogens is 3. The van der Waals surface area contributed by atoms with Gasteiger partial charge in [0.05, 0.1) is 11.6 Å². The molecule has 1 aliphatic carbocycles. The average molecular weight is 813 g/mol. The Kier molecular flexibility index (Phi) is 8.84. The molecule has 0 aliphatic heterocycles. The minimum Gasteiger partial charge on any atom is -0.208 e. The molecule has 1 aromatic heterocycles. The molecule has 0 bridgehead atoms. The first kappa shape index (κ1) is 37.0. The fourth-order valence-corrected chi connectivity index (χ4v) is 9.45. The van der Waals surface area contributed by atoms with Crippen molar-refractivity contribution < 1.29 is 0 Å². The minimum absolute atomic E-state index is 0.613. The summed E-state index contributed by atoms with van der Waals surface area (Å²) in [5.41, 5.74) is 16.9. The average Bonchev–Trinajstić information content (AvgIpc) is 3.70. The molecule has 1 aliphatic rings. The van der Waals surface area contributed by atoms with Crippen molar-refractivity contribution in [3.8, 4) is 107 Å². The Bertz CT molecular complexity index is 3670. The van der Waals surface area contributed by atoms with Crippen LogP contribution in [0.1, 0.15) is 5.56 Å². The van der Waals surface area contributed by atoms with E-state index in [0.29, 0.717) is 23.0 Å². The molecule has 0 spiro atoms. The summed E-state index contributed by atoms with van der Waals surface area (Å²) in [6.45, 7) is 0. The van der Waals surface area contributed by atoms with Gasteiger partial charge in [-0.2, -0.15) is 5.26 Å². The molecular weight excluding hydrogens is 777 g/mol. The van der Waals surface area contributed by atoms with E-state index in [2.05, 4.69) is 176 Å². The number of rotatable bonds is 7. The molecule has 11 aromatic rings. The highest BCUT2D eigenvalue weighted by Gasteiger charge is 2.23. The number of fused-ring (bicyclic) bond motifs is 4. The number of nitriles is 1. The Morgan fingerprint density at radius 3 is 1.55 bits per heavy atom. The molecule has 0 N–H and O–H groups in total. The van der Waals surface area contributed by atoms with E-state index >= 15 is 0 Å². The fourth-order valence-electron chi connectivity index (χ4n) is 9.45. The summed E-state index contributed by atoms with van der Waals surface area (Å²) >= 11 is 0. The highest BCUT2D eigenvalue weighted by molar-refractivity contribution is 6.16. The number of hydrogen-bond donors (Lipinski definition) is 0. The van der Waals surface area contributed by atoms with Gasteiger partial charge in [-0.05, 0) is 107 Å². The zero-order valence-corrected chi connectivity index (χ0v) is 34.6. The highest BCUT2D eigenvalue weighted by atomic mass is 15.0. The van der Waals surface area contributed by atoms with Crippen LogP contribution in [0.3, 0.4) is 0 Å². The summed E-state index contributed by atoms with van der Waals surface area (Å²) in [7, 11) is 0. The lowest BCUT2D eigenvalue weighted by Gasteiger charge is -2.15. The van der Waals surface area contributed by atoms with Crippen molar-refractivity contribution in [2.45, 2.75) is 0 Å². The third-order valence-electron chi connectivity index (χ3n) is 12.5. The standard InChI is InChI=1S/C60H36N4/c61-37-47-34-44(31-32-50(47)51-22-7-6-21-49(51)46-35-45-19-12-25-54-52-23-8-9-24-53(52)56(36-46)57(45)54)43-18-10-17-42(33-43)38-27-29-41(30-28-38)59-62-58(40-14-2-1-3-15-40)63-60(64-59)55-26-11-16-39-13-4-5-20-48(39)55/h1-36H. The van der Waals surface area contributed by atoms with E-state index in [9.17, 15) is 5.26 Å². The molecule has 4 nitrogen and oxygen atoms in total. The van der Waals surface area contributed by atoms with Crippen molar-refractivity contribution in [3.05, 3.63) is 224 Å². The van der Waals surface area contributed by atoms with E-state index < -0.39 is 0 Å². The van der Waals surface area contributed by atoms with Gasteiger partial charge in [0, 0.05) is 22.3 Å². The second kappa shape index (κ2) is 15.3. The summed E-state index contributed by atoms with van der Waals surface area (Å²) in [5.74, 6) is 1.88. The number of hydrogen-bond acceptors (Lipinski definition) is 4. The maximum Gasteiger partial charge on any atom is 0.164 e. The van der Waals surface area contributed by atoms with Crippen LogP contribution in [0, 0.1) is 11.3 Å². The number of nitrogens with zero attached hydrogens (tertiary/aromatic N) is 4. The molecule has 10 aromatic carbocycles. The Morgan fingerprint density at radius 1 is 0.281 bits per heavy atom. The third-order valence-corrected chi connectivity index (χ3v) is 12.5. The maximum atomic E-state index is 10.7. The zero-order valence-electron chi connectivity index (χ0n) is 34.6. The summed E-state index contributed by atoms with van der Waals surface area (Å²) in [5, 5.41) is 15.4. The van der Waals surface area contributed by atoms with Gasteiger partial charge in [-0.1, -0.05) is 194 Å². The van der Waals surface area contributed by atoms with E-state index in [1.165, 1.54) is 33.0 Å². The predicted molar refractivity (Wildman–Crippen MR) is 262 cm³/mol. The molecule has 12 rings (SSSR count). The smallest absolute Gasteiger partial charge is 0.164 e. The summed E-state index contributed by atoms with van der Waals surface area (Å²) in [4.78, 5) is 15.0. The quantitative estimate of drug-likeness (QED) is 0.161. The lowest BCUT2D eigenvalue weighted by atomic mass is 9.88. The van der Waals surface area contributed by atoms with E-state index in [1.807, 2.05) is 48.5 Å². The van der Waals surface area contributed by atoms with Gasteiger partial charge in [-0.25, -0.2) is 15.0 Å². The van der Waals surface area contributed by atoms with Crippen molar-refractivity contribution in [2.75, 3.05) is 0 Å². The molecule has 64 heavy (non-hydrogen) atoms. The molecule has 0 unspecified atom stereocenters. The zero-order chi connectivity index (χ0) is 42.6. The van der Waals surface area contributed by atoms with E-state index in [1.54, 1.807) is 0 Å². The molecule has 0 saturated carbocycles. The Morgan fingerprint density at radius 2 is 0.781 bits per heavy atom. The van der Waals surface area contributed by atoms with Crippen LogP contribution >= 0.6 is 0 Å². The van der Waals surface area contributed by atoms with Gasteiger partial charge in [-0.3, -0.25) is 0 Å². The van der Waals surface area contributed by atoms with Crippen LogP contribution < -0.4 is 0 Å². The molecule has 0 fully saturated rings. The molecule has 4 heteroatoms. The Labute approximate surface area is 371 Å². The van der Waals surface area contributed by atoms with Gasteiger partial charge in [-0.15, -0.1) is 0 Å². The van der Waals surface area contributed by atoms with Crippen LogP contribution in [-0.2, 0) is 0 Å². The molecule has 0 atom stereocenters. The second-order valence-electron chi connectivity index (χ2n) is 16.2.